The van der Waals surface area contributed by atoms with E-state index >= 15 is 0 Å². The van der Waals surface area contributed by atoms with E-state index in [4.69, 9.17) is 25.8 Å². The lowest BCUT2D eigenvalue weighted by Crippen LogP contribution is -2.00. The van der Waals surface area contributed by atoms with Crippen molar-refractivity contribution in [3.05, 3.63) is 47.0 Å². The highest BCUT2D eigenvalue weighted by Crippen LogP contribution is 2.28. The molecule has 4 nitrogen and oxygen atoms in total. The van der Waals surface area contributed by atoms with E-state index in [1.807, 2.05) is 36.4 Å². The monoisotopic (exact) mass is 307 g/mol. The van der Waals surface area contributed by atoms with E-state index in [2.05, 4.69) is 5.32 Å². The van der Waals surface area contributed by atoms with Crippen molar-refractivity contribution in [2.45, 2.75) is 6.54 Å². The molecule has 0 aromatic heterocycles. The van der Waals surface area contributed by atoms with Crippen molar-refractivity contribution in [2.75, 3.05) is 26.6 Å². The molecule has 0 radical (unpaired) electrons. The van der Waals surface area contributed by atoms with Crippen LogP contribution in [0.15, 0.2) is 36.4 Å². The molecule has 112 valence electrons. The average molecular weight is 308 g/mol. The maximum absolute atomic E-state index is 6.11. The summed E-state index contributed by atoms with van der Waals surface area (Å²) in [7, 11) is 4.85. The summed E-state index contributed by atoms with van der Waals surface area (Å²) in [5, 5.41) is 3.91. The van der Waals surface area contributed by atoms with Gasteiger partial charge in [0, 0.05) is 30.4 Å². The van der Waals surface area contributed by atoms with Gasteiger partial charge in [-0.3, -0.25) is 0 Å². The molecule has 21 heavy (non-hydrogen) atoms. The molecule has 0 unspecified atom stereocenters. The molecule has 0 saturated heterocycles. The van der Waals surface area contributed by atoms with Crippen LogP contribution in [-0.4, -0.2) is 21.3 Å². The number of ether oxygens (including phenoxy) is 3. The van der Waals surface area contributed by atoms with Crippen LogP contribution in [0, 0.1) is 0 Å². The molecule has 0 saturated carbocycles. The normalized spacial score (nSPS) is 10.1. The van der Waals surface area contributed by atoms with E-state index in [1.54, 1.807) is 21.3 Å². The molecule has 0 spiro atoms. The molecule has 2 rings (SSSR count). The van der Waals surface area contributed by atoms with Crippen LogP contribution in [0.25, 0.3) is 0 Å². The number of hydrogen-bond donors (Lipinski definition) is 1. The van der Waals surface area contributed by atoms with Crippen LogP contribution in [0.2, 0.25) is 5.02 Å². The molecule has 5 heteroatoms. The third-order valence-electron chi connectivity index (χ3n) is 3.06. The Kier molecular flexibility index (Phi) is 5.17. The summed E-state index contributed by atoms with van der Waals surface area (Å²) < 4.78 is 15.6. The molecule has 0 aliphatic heterocycles. The number of nitrogens with one attached hydrogen (secondary N) is 1. The van der Waals surface area contributed by atoms with Crippen molar-refractivity contribution in [3.63, 3.8) is 0 Å². The van der Waals surface area contributed by atoms with Gasteiger partial charge in [-0.25, -0.2) is 0 Å². The lowest BCUT2D eigenvalue weighted by Gasteiger charge is -2.11. The summed E-state index contributed by atoms with van der Waals surface area (Å²) >= 11 is 6.11. The first-order valence-electron chi connectivity index (χ1n) is 6.45. The van der Waals surface area contributed by atoms with Crippen LogP contribution in [-0.2, 0) is 6.54 Å². The average Bonchev–Trinajstić information content (AvgIpc) is 2.52. The number of rotatable bonds is 6. The van der Waals surface area contributed by atoms with Gasteiger partial charge >= 0.3 is 0 Å². The molecule has 0 heterocycles. The Bertz CT molecular complexity index is 594. The van der Waals surface area contributed by atoms with Crippen molar-refractivity contribution in [1.29, 1.82) is 0 Å². The maximum atomic E-state index is 6.11. The zero-order valence-corrected chi connectivity index (χ0v) is 13.0. The van der Waals surface area contributed by atoms with Crippen molar-refractivity contribution in [2.24, 2.45) is 0 Å². The van der Waals surface area contributed by atoms with Crippen molar-refractivity contribution in [1.82, 2.24) is 0 Å². The van der Waals surface area contributed by atoms with Crippen molar-refractivity contribution >= 4 is 17.3 Å². The van der Waals surface area contributed by atoms with E-state index in [9.17, 15) is 0 Å². The van der Waals surface area contributed by atoms with Crippen LogP contribution in [0.3, 0.4) is 0 Å². The van der Waals surface area contributed by atoms with Gasteiger partial charge < -0.3 is 19.5 Å². The molecule has 0 aliphatic carbocycles. The first-order valence-corrected chi connectivity index (χ1v) is 6.83. The Hall–Kier alpha value is -2.07. The zero-order valence-electron chi connectivity index (χ0n) is 12.3. The zero-order chi connectivity index (χ0) is 15.2. The number of hydrogen-bond acceptors (Lipinski definition) is 4. The van der Waals surface area contributed by atoms with Gasteiger partial charge in [0.25, 0.3) is 0 Å². The second-order valence-corrected chi connectivity index (χ2v) is 4.83. The molecule has 0 fully saturated rings. The second-order valence-electron chi connectivity index (χ2n) is 4.42. The smallest absolute Gasteiger partial charge is 0.137 e. The fourth-order valence-electron chi connectivity index (χ4n) is 1.93. The van der Waals surface area contributed by atoms with Crippen LogP contribution in [0.5, 0.6) is 17.2 Å². The maximum Gasteiger partial charge on any atom is 0.137 e. The minimum atomic E-state index is 0.597. The summed E-state index contributed by atoms with van der Waals surface area (Å²) in [5.41, 5.74) is 1.97. The highest BCUT2D eigenvalue weighted by Gasteiger charge is 2.04. The molecule has 2 aromatic rings. The van der Waals surface area contributed by atoms with E-state index in [1.165, 1.54) is 0 Å². The quantitative estimate of drug-likeness (QED) is 0.876. The van der Waals surface area contributed by atoms with E-state index in [0.29, 0.717) is 17.3 Å². The number of methoxy groups -OCH3 is 3. The lowest BCUT2D eigenvalue weighted by molar-refractivity contribution is 0.394. The van der Waals surface area contributed by atoms with Gasteiger partial charge in [-0.05, 0) is 17.7 Å². The summed E-state index contributed by atoms with van der Waals surface area (Å²) in [5.74, 6) is 2.15. The molecule has 0 aliphatic rings. The molecular formula is C16H18ClNO3. The molecule has 0 amide bonds. The van der Waals surface area contributed by atoms with Crippen LogP contribution in [0.1, 0.15) is 5.56 Å². The minimum Gasteiger partial charge on any atom is -0.497 e. The highest BCUT2D eigenvalue weighted by atomic mass is 35.5. The van der Waals surface area contributed by atoms with Gasteiger partial charge in [-0.2, -0.15) is 0 Å². The van der Waals surface area contributed by atoms with Crippen molar-refractivity contribution in [3.8, 4) is 17.2 Å². The second kappa shape index (κ2) is 7.09. The third-order valence-corrected chi connectivity index (χ3v) is 3.36. The largest absolute Gasteiger partial charge is 0.497 e. The Morgan fingerprint density at radius 1 is 0.905 bits per heavy atom. The topological polar surface area (TPSA) is 39.7 Å². The van der Waals surface area contributed by atoms with E-state index in [-0.39, 0.29) is 0 Å². The Morgan fingerprint density at radius 3 is 2.10 bits per heavy atom. The number of anilines is 1. The summed E-state index contributed by atoms with van der Waals surface area (Å²) in [6, 6.07) is 11.3. The lowest BCUT2D eigenvalue weighted by atomic mass is 10.2. The van der Waals surface area contributed by atoms with Crippen molar-refractivity contribution < 1.29 is 14.2 Å². The van der Waals surface area contributed by atoms with Gasteiger partial charge in [0.2, 0.25) is 0 Å². The Balaban J connectivity index is 2.10. The fourth-order valence-corrected chi connectivity index (χ4v) is 2.21. The van der Waals surface area contributed by atoms with Gasteiger partial charge in [-0.15, -0.1) is 0 Å². The van der Waals surface area contributed by atoms with Gasteiger partial charge in [0.1, 0.15) is 17.2 Å². The standard InChI is InChI=1S/C16H18ClNO3/c1-19-13-7-12(8-14(9-13)20-2)18-10-11-4-5-16(21-3)15(17)6-11/h4-9,18H,10H2,1-3H3. The van der Waals surface area contributed by atoms with Crippen LogP contribution >= 0.6 is 11.6 Å². The molecule has 2 aromatic carbocycles. The van der Waals surface area contributed by atoms with Crippen LogP contribution in [0.4, 0.5) is 5.69 Å². The van der Waals surface area contributed by atoms with Gasteiger partial charge in [-0.1, -0.05) is 17.7 Å². The van der Waals surface area contributed by atoms with Crippen LogP contribution < -0.4 is 19.5 Å². The summed E-state index contributed by atoms with van der Waals surface area (Å²) in [6.07, 6.45) is 0. The molecule has 1 N–H and O–H groups in total. The SMILES string of the molecule is COc1cc(NCc2ccc(OC)c(Cl)c2)cc(OC)c1. The van der Waals surface area contributed by atoms with Gasteiger partial charge in [0.05, 0.1) is 26.4 Å². The first-order chi connectivity index (χ1) is 10.2. The first kappa shape index (κ1) is 15.3. The minimum absolute atomic E-state index is 0.597. The van der Waals surface area contributed by atoms with Gasteiger partial charge in [0.15, 0.2) is 0 Å². The summed E-state index contributed by atoms with van der Waals surface area (Å²) in [4.78, 5) is 0. The molecule has 0 atom stereocenters. The number of halogens is 1. The fraction of sp³-hybridized carbons (Fsp3) is 0.250. The Labute approximate surface area is 129 Å². The predicted molar refractivity (Wildman–Crippen MR) is 84.9 cm³/mol. The summed E-state index contributed by atoms with van der Waals surface area (Å²) in [6.45, 7) is 0.639. The van der Waals surface area contributed by atoms with E-state index < -0.39 is 0 Å². The third kappa shape index (κ3) is 3.95. The highest BCUT2D eigenvalue weighted by molar-refractivity contribution is 6.32. The molecular weight excluding hydrogens is 290 g/mol. The Morgan fingerprint density at radius 2 is 1.57 bits per heavy atom. The molecule has 0 bridgehead atoms. The van der Waals surface area contributed by atoms with E-state index in [0.717, 1.165) is 22.7 Å². The predicted octanol–water partition coefficient (Wildman–Crippen LogP) is 3.98. The number of benzene rings is 2.